The summed E-state index contributed by atoms with van der Waals surface area (Å²) in [5.74, 6) is 1.07. The molecule has 10 heavy (non-hydrogen) atoms. The van der Waals surface area contributed by atoms with Crippen molar-refractivity contribution in [1.82, 2.24) is 0 Å². The van der Waals surface area contributed by atoms with Gasteiger partial charge in [0.15, 0.2) is 0 Å². The smallest absolute Gasteiger partial charge is 0.126 e. The highest BCUT2D eigenvalue weighted by molar-refractivity contribution is 5.92. The van der Waals surface area contributed by atoms with Crippen molar-refractivity contribution in [1.29, 1.82) is 5.41 Å². The Morgan fingerprint density at radius 3 is 2.50 bits per heavy atom. The Kier molecular flexibility index (Phi) is 4.37. The molecular formula is C7H13N3. The molecule has 0 aromatic heterocycles. The highest BCUT2D eigenvalue weighted by Gasteiger charge is 1.85. The summed E-state index contributed by atoms with van der Waals surface area (Å²) in [6, 6.07) is 0. The molecule has 0 fully saturated rings. The maximum absolute atomic E-state index is 6.63. The second-order valence-electron chi connectivity index (χ2n) is 2.33. The summed E-state index contributed by atoms with van der Waals surface area (Å²) >= 11 is 0. The molecule has 0 amide bonds. The Morgan fingerprint density at radius 2 is 2.10 bits per heavy atom. The van der Waals surface area contributed by atoms with Crippen LogP contribution < -0.4 is 0 Å². The van der Waals surface area contributed by atoms with Crippen molar-refractivity contribution in [3.8, 4) is 0 Å². The van der Waals surface area contributed by atoms with Gasteiger partial charge in [-0.3, -0.25) is 5.41 Å². The zero-order valence-corrected chi connectivity index (χ0v) is 6.63. The molecule has 0 saturated carbocycles. The zero-order valence-electron chi connectivity index (χ0n) is 6.63. The van der Waals surface area contributed by atoms with E-state index >= 15 is 0 Å². The van der Waals surface area contributed by atoms with Gasteiger partial charge in [-0.1, -0.05) is 13.8 Å². The van der Waals surface area contributed by atoms with E-state index in [1.807, 2.05) is 20.1 Å². The molecule has 0 aromatic carbocycles. The van der Waals surface area contributed by atoms with Crippen LogP contribution in [0.2, 0.25) is 0 Å². The maximum atomic E-state index is 6.63. The fraction of sp³-hybridized carbons (Fsp3) is 0.571. The van der Waals surface area contributed by atoms with Gasteiger partial charge >= 0.3 is 0 Å². The van der Waals surface area contributed by atoms with Crippen molar-refractivity contribution in [3.05, 3.63) is 0 Å². The van der Waals surface area contributed by atoms with Gasteiger partial charge in [0.05, 0.1) is 0 Å². The van der Waals surface area contributed by atoms with Gasteiger partial charge in [0.1, 0.15) is 12.2 Å². The van der Waals surface area contributed by atoms with E-state index in [-0.39, 0.29) is 0 Å². The van der Waals surface area contributed by atoms with E-state index in [9.17, 15) is 0 Å². The molecule has 56 valence electrons. The Balaban J connectivity index is 3.88. The summed E-state index contributed by atoms with van der Waals surface area (Å²) in [7, 11) is 0. The lowest BCUT2D eigenvalue weighted by molar-refractivity contribution is 0.908. The standard InChI is InChI=1S/C7H13N3/c1-6(2)4-9-7(3)10-5-8/h4-6,8H,1-3H3. The molecule has 0 aromatic rings. The Labute approximate surface area is 61.4 Å². The summed E-state index contributed by atoms with van der Waals surface area (Å²) in [6.07, 6.45) is 2.80. The lowest BCUT2D eigenvalue weighted by Crippen LogP contribution is -1.92. The van der Waals surface area contributed by atoms with Gasteiger partial charge in [-0.2, -0.15) is 0 Å². The van der Waals surface area contributed by atoms with Crippen molar-refractivity contribution >= 4 is 18.4 Å². The van der Waals surface area contributed by atoms with Crippen LogP contribution in [0.5, 0.6) is 0 Å². The van der Waals surface area contributed by atoms with E-state index in [1.54, 1.807) is 6.92 Å². The SMILES string of the molecule is CC(N=CC(C)C)=NC=N. The Bertz CT molecular complexity index is 156. The molecule has 0 saturated heterocycles. The van der Waals surface area contributed by atoms with Crippen LogP contribution in [0.15, 0.2) is 9.98 Å². The molecule has 0 aliphatic rings. The van der Waals surface area contributed by atoms with Gasteiger partial charge in [-0.25, -0.2) is 9.98 Å². The molecule has 0 aliphatic carbocycles. The molecule has 0 unspecified atom stereocenters. The van der Waals surface area contributed by atoms with Crippen LogP contribution in [0.3, 0.4) is 0 Å². The molecule has 0 heterocycles. The molecule has 3 heteroatoms. The number of nitrogens with zero attached hydrogens (tertiary/aromatic N) is 2. The van der Waals surface area contributed by atoms with Crippen molar-refractivity contribution in [2.45, 2.75) is 20.8 Å². The number of rotatable bonds is 2. The van der Waals surface area contributed by atoms with Crippen molar-refractivity contribution in [2.24, 2.45) is 15.9 Å². The van der Waals surface area contributed by atoms with E-state index in [2.05, 4.69) is 9.98 Å². The van der Waals surface area contributed by atoms with Crippen molar-refractivity contribution < 1.29 is 0 Å². The normalized spacial score (nSPS) is 13.0. The Hall–Kier alpha value is -0.990. The largest absolute Gasteiger partial charge is 0.289 e. The molecule has 0 bridgehead atoms. The average molecular weight is 139 g/mol. The first-order valence-electron chi connectivity index (χ1n) is 3.24. The summed E-state index contributed by atoms with van der Waals surface area (Å²) in [5.41, 5.74) is 0. The highest BCUT2D eigenvalue weighted by Crippen LogP contribution is 1.86. The summed E-state index contributed by atoms with van der Waals surface area (Å²) in [5, 5.41) is 6.63. The van der Waals surface area contributed by atoms with Crippen LogP contribution in [0.25, 0.3) is 0 Å². The first-order valence-corrected chi connectivity index (χ1v) is 3.24. The number of nitrogens with one attached hydrogen (secondary N) is 1. The second-order valence-corrected chi connectivity index (χ2v) is 2.33. The van der Waals surface area contributed by atoms with E-state index in [0.717, 1.165) is 6.34 Å². The summed E-state index contributed by atoms with van der Waals surface area (Å²) < 4.78 is 0. The highest BCUT2D eigenvalue weighted by atomic mass is 14.9. The number of hydrogen-bond acceptors (Lipinski definition) is 1. The van der Waals surface area contributed by atoms with E-state index in [0.29, 0.717) is 11.8 Å². The van der Waals surface area contributed by atoms with Gasteiger partial charge in [-0.15, -0.1) is 0 Å². The zero-order chi connectivity index (χ0) is 7.98. The molecule has 0 aliphatic heterocycles. The summed E-state index contributed by atoms with van der Waals surface area (Å²) in [6.45, 7) is 5.85. The molecule has 3 nitrogen and oxygen atoms in total. The fourth-order valence-corrected chi connectivity index (χ4v) is 0.384. The number of hydrogen-bond donors (Lipinski definition) is 1. The summed E-state index contributed by atoms with van der Waals surface area (Å²) in [4.78, 5) is 7.64. The lowest BCUT2D eigenvalue weighted by atomic mass is 10.2. The third-order valence-electron chi connectivity index (χ3n) is 0.811. The molecule has 0 rings (SSSR count). The van der Waals surface area contributed by atoms with Crippen LogP contribution in [0.4, 0.5) is 0 Å². The third-order valence-corrected chi connectivity index (χ3v) is 0.811. The maximum Gasteiger partial charge on any atom is 0.126 e. The quantitative estimate of drug-likeness (QED) is 0.447. The lowest BCUT2D eigenvalue weighted by Gasteiger charge is -1.91. The van der Waals surface area contributed by atoms with Crippen molar-refractivity contribution in [3.63, 3.8) is 0 Å². The Morgan fingerprint density at radius 1 is 1.50 bits per heavy atom. The fourth-order valence-electron chi connectivity index (χ4n) is 0.384. The van der Waals surface area contributed by atoms with Crippen LogP contribution in [-0.2, 0) is 0 Å². The number of aliphatic imine (C=N–C) groups is 2. The minimum atomic E-state index is 0.441. The second kappa shape index (κ2) is 4.85. The molecule has 0 spiro atoms. The first kappa shape index (κ1) is 9.01. The van der Waals surface area contributed by atoms with Gasteiger partial charge in [0.2, 0.25) is 0 Å². The van der Waals surface area contributed by atoms with Gasteiger partial charge in [-0.05, 0) is 12.8 Å². The van der Waals surface area contributed by atoms with Crippen molar-refractivity contribution in [2.75, 3.05) is 0 Å². The molecule has 1 N–H and O–H groups in total. The van der Waals surface area contributed by atoms with E-state index in [1.165, 1.54) is 0 Å². The van der Waals surface area contributed by atoms with E-state index in [4.69, 9.17) is 5.41 Å². The molecule has 0 radical (unpaired) electrons. The van der Waals surface area contributed by atoms with Crippen LogP contribution in [0.1, 0.15) is 20.8 Å². The van der Waals surface area contributed by atoms with Gasteiger partial charge in [0.25, 0.3) is 0 Å². The minimum Gasteiger partial charge on any atom is -0.289 e. The minimum absolute atomic E-state index is 0.441. The predicted molar refractivity (Wildman–Crippen MR) is 45.2 cm³/mol. The first-order chi connectivity index (χ1) is 4.66. The monoisotopic (exact) mass is 139 g/mol. The number of amidine groups is 1. The predicted octanol–water partition coefficient (Wildman–Crippen LogP) is 1.74. The molecular weight excluding hydrogens is 126 g/mol. The van der Waals surface area contributed by atoms with Crippen LogP contribution in [-0.4, -0.2) is 18.4 Å². The molecule has 0 atom stereocenters. The van der Waals surface area contributed by atoms with Crippen LogP contribution in [0, 0.1) is 11.3 Å². The van der Waals surface area contributed by atoms with Gasteiger partial charge in [0, 0.05) is 6.21 Å². The van der Waals surface area contributed by atoms with Gasteiger partial charge < -0.3 is 0 Å². The topological polar surface area (TPSA) is 48.6 Å². The van der Waals surface area contributed by atoms with E-state index < -0.39 is 0 Å². The van der Waals surface area contributed by atoms with Crippen LogP contribution >= 0.6 is 0 Å². The average Bonchev–Trinajstić information content (AvgIpc) is 1.85. The third kappa shape index (κ3) is 5.15.